The molecule has 0 unspecified atom stereocenters. The molecule has 2 N–H and O–H groups in total. The fraction of sp³-hybridized carbons (Fsp3) is 0.158. The molecule has 8 heteroatoms. The predicted molar refractivity (Wildman–Crippen MR) is 107 cm³/mol. The third-order valence-electron chi connectivity index (χ3n) is 3.73. The number of hydrogen-bond donors (Lipinski definition) is 2. The van der Waals surface area contributed by atoms with Crippen LogP contribution in [0.2, 0.25) is 0 Å². The first kappa shape index (κ1) is 20.1. The van der Waals surface area contributed by atoms with E-state index in [9.17, 15) is 9.59 Å². The van der Waals surface area contributed by atoms with Gasteiger partial charge in [-0.3, -0.25) is 4.79 Å². The Balaban J connectivity index is 0.00000261. The van der Waals surface area contributed by atoms with Gasteiger partial charge in [0.25, 0.3) is 0 Å². The van der Waals surface area contributed by atoms with E-state index in [2.05, 4.69) is 20.6 Å². The lowest BCUT2D eigenvalue weighted by molar-refractivity contribution is -0.114. The number of carbonyl (C=O) groups excluding carboxylic acids is 2. The zero-order valence-electron chi connectivity index (χ0n) is 15.1. The minimum absolute atomic E-state index is 0. The summed E-state index contributed by atoms with van der Waals surface area (Å²) in [6.45, 7) is 3.32. The number of carbonyl (C=O) groups is 2. The van der Waals surface area contributed by atoms with E-state index in [-0.39, 0.29) is 18.3 Å². The molecular weight excluding hydrogens is 368 g/mol. The number of aryl methyl sites for hydroxylation is 1. The molecule has 140 valence electrons. The molecule has 0 saturated heterocycles. The first-order chi connectivity index (χ1) is 12.5. The van der Waals surface area contributed by atoms with E-state index in [1.54, 1.807) is 18.2 Å². The number of benzene rings is 1. The summed E-state index contributed by atoms with van der Waals surface area (Å²) in [7, 11) is 1.32. The number of methoxy groups -OCH3 is 1. The summed E-state index contributed by atoms with van der Waals surface area (Å²) in [5, 5.41) is 6.66. The molecule has 0 bridgehead atoms. The van der Waals surface area contributed by atoms with Gasteiger partial charge in [0.2, 0.25) is 5.91 Å². The van der Waals surface area contributed by atoms with Crippen LogP contribution in [-0.2, 0) is 9.53 Å². The van der Waals surface area contributed by atoms with Gasteiger partial charge in [0, 0.05) is 35.6 Å². The van der Waals surface area contributed by atoms with Crippen LogP contribution in [0.1, 0.15) is 23.0 Å². The maximum absolute atomic E-state index is 12.2. The van der Waals surface area contributed by atoms with Gasteiger partial charge in [-0.05, 0) is 37.3 Å². The zero-order chi connectivity index (χ0) is 18.7. The van der Waals surface area contributed by atoms with Crippen molar-refractivity contribution in [2.45, 2.75) is 13.8 Å². The van der Waals surface area contributed by atoms with Gasteiger partial charge in [0.1, 0.15) is 5.56 Å². The lowest BCUT2D eigenvalue weighted by atomic mass is 10.1. The molecule has 0 fully saturated rings. The van der Waals surface area contributed by atoms with Crippen LogP contribution in [0.25, 0.3) is 11.0 Å². The summed E-state index contributed by atoms with van der Waals surface area (Å²) in [6, 6.07) is 10.9. The van der Waals surface area contributed by atoms with Crippen molar-refractivity contribution >= 4 is 52.4 Å². The fourth-order valence-corrected chi connectivity index (χ4v) is 2.59. The zero-order valence-corrected chi connectivity index (χ0v) is 15.9. The summed E-state index contributed by atoms with van der Waals surface area (Å²) < 4.78 is 4.87. The Morgan fingerprint density at radius 3 is 2.56 bits per heavy atom. The monoisotopic (exact) mass is 386 g/mol. The van der Waals surface area contributed by atoms with Crippen molar-refractivity contribution in [2.24, 2.45) is 0 Å². The summed E-state index contributed by atoms with van der Waals surface area (Å²) in [6.07, 6.45) is 1.45. The SMILES string of the molecule is COC(=O)c1cnc2nc(C)ccc2c1Nc1cccc(NC(C)=O)c1.Cl. The van der Waals surface area contributed by atoms with Crippen LogP contribution in [0.5, 0.6) is 0 Å². The Morgan fingerprint density at radius 2 is 1.85 bits per heavy atom. The first-order valence-corrected chi connectivity index (χ1v) is 7.97. The third kappa shape index (κ3) is 4.51. The summed E-state index contributed by atoms with van der Waals surface area (Å²) in [5.41, 5.74) is 3.56. The summed E-state index contributed by atoms with van der Waals surface area (Å²) in [4.78, 5) is 32.1. The molecule has 1 aromatic carbocycles. The van der Waals surface area contributed by atoms with Crippen LogP contribution in [0.4, 0.5) is 17.1 Å². The topological polar surface area (TPSA) is 93.2 Å². The summed E-state index contributed by atoms with van der Waals surface area (Å²) in [5.74, 6) is -0.660. The van der Waals surface area contributed by atoms with Crippen molar-refractivity contribution in [1.82, 2.24) is 9.97 Å². The molecule has 3 aromatic rings. The van der Waals surface area contributed by atoms with Gasteiger partial charge in [-0.2, -0.15) is 0 Å². The molecule has 0 aliphatic carbocycles. The van der Waals surface area contributed by atoms with E-state index in [1.807, 2.05) is 25.1 Å². The smallest absolute Gasteiger partial charge is 0.341 e. The number of halogens is 1. The van der Waals surface area contributed by atoms with Crippen molar-refractivity contribution in [2.75, 3.05) is 17.7 Å². The molecule has 0 aliphatic rings. The second kappa shape index (κ2) is 8.46. The normalized spacial score (nSPS) is 10.0. The van der Waals surface area contributed by atoms with Gasteiger partial charge < -0.3 is 15.4 Å². The second-order valence-corrected chi connectivity index (χ2v) is 5.75. The van der Waals surface area contributed by atoms with E-state index < -0.39 is 5.97 Å². The van der Waals surface area contributed by atoms with Crippen molar-refractivity contribution in [3.8, 4) is 0 Å². The number of aromatic nitrogens is 2. The quantitative estimate of drug-likeness (QED) is 0.661. The number of esters is 1. The Hall–Kier alpha value is -3.19. The highest BCUT2D eigenvalue weighted by atomic mass is 35.5. The van der Waals surface area contributed by atoms with Crippen LogP contribution < -0.4 is 10.6 Å². The minimum Gasteiger partial charge on any atom is -0.465 e. The van der Waals surface area contributed by atoms with Crippen LogP contribution in [-0.4, -0.2) is 29.0 Å². The largest absolute Gasteiger partial charge is 0.465 e. The number of hydrogen-bond acceptors (Lipinski definition) is 6. The lowest BCUT2D eigenvalue weighted by Gasteiger charge is -2.14. The van der Waals surface area contributed by atoms with Crippen molar-refractivity contribution in [3.05, 3.63) is 53.9 Å². The Kier molecular flexibility index (Phi) is 6.31. The molecule has 0 spiro atoms. The number of rotatable bonds is 4. The average molecular weight is 387 g/mol. The number of ether oxygens (including phenoxy) is 1. The van der Waals surface area contributed by atoms with E-state index in [1.165, 1.54) is 20.2 Å². The standard InChI is InChI=1S/C19H18N4O3.ClH/c1-11-7-8-15-17(16(19(25)26-3)10-20-18(15)21-11)23-14-6-4-5-13(9-14)22-12(2)24;/h4-10H,1-3H3,(H,22,24)(H,20,21,23);1H. The number of amides is 1. The maximum atomic E-state index is 12.2. The molecule has 0 atom stereocenters. The van der Waals surface area contributed by atoms with Gasteiger partial charge >= 0.3 is 5.97 Å². The molecule has 1 amide bonds. The van der Waals surface area contributed by atoms with Crippen molar-refractivity contribution in [1.29, 1.82) is 0 Å². The van der Waals surface area contributed by atoms with Crippen LogP contribution in [0, 0.1) is 6.92 Å². The van der Waals surface area contributed by atoms with E-state index in [0.29, 0.717) is 33.7 Å². The van der Waals surface area contributed by atoms with Gasteiger partial charge in [-0.25, -0.2) is 14.8 Å². The van der Waals surface area contributed by atoms with Gasteiger partial charge in [-0.1, -0.05) is 6.07 Å². The molecule has 7 nitrogen and oxygen atoms in total. The highest BCUT2D eigenvalue weighted by Crippen LogP contribution is 2.30. The van der Waals surface area contributed by atoms with Crippen LogP contribution in [0.15, 0.2) is 42.6 Å². The number of pyridine rings is 2. The predicted octanol–water partition coefficient (Wildman–Crippen LogP) is 3.85. The van der Waals surface area contributed by atoms with E-state index in [0.717, 1.165) is 5.69 Å². The van der Waals surface area contributed by atoms with Gasteiger partial charge in [0.15, 0.2) is 5.65 Å². The molecule has 3 rings (SSSR count). The van der Waals surface area contributed by atoms with Crippen LogP contribution in [0.3, 0.4) is 0 Å². The average Bonchev–Trinajstić information content (AvgIpc) is 2.61. The Bertz CT molecular complexity index is 1010. The number of fused-ring (bicyclic) bond motifs is 1. The Morgan fingerprint density at radius 1 is 1.11 bits per heavy atom. The van der Waals surface area contributed by atoms with Gasteiger partial charge in [0.05, 0.1) is 12.8 Å². The van der Waals surface area contributed by atoms with Crippen LogP contribution >= 0.6 is 12.4 Å². The third-order valence-corrected chi connectivity index (χ3v) is 3.73. The van der Waals surface area contributed by atoms with E-state index >= 15 is 0 Å². The molecule has 0 saturated carbocycles. The van der Waals surface area contributed by atoms with E-state index in [4.69, 9.17) is 4.74 Å². The molecular formula is C19H19ClN4O3. The summed E-state index contributed by atoms with van der Waals surface area (Å²) >= 11 is 0. The number of anilines is 3. The molecule has 0 radical (unpaired) electrons. The minimum atomic E-state index is -0.500. The maximum Gasteiger partial charge on any atom is 0.341 e. The van der Waals surface area contributed by atoms with Crippen molar-refractivity contribution in [3.63, 3.8) is 0 Å². The molecule has 0 aliphatic heterocycles. The van der Waals surface area contributed by atoms with Gasteiger partial charge in [-0.15, -0.1) is 12.4 Å². The lowest BCUT2D eigenvalue weighted by Crippen LogP contribution is -2.08. The highest BCUT2D eigenvalue weighted by Gasteiger charge is 2.17. The molecule has 2 heterocycles. The Labute approximate surface area is 162 Å². The van der Waals surface area contributed by atoms with Crippen molar-refractivity contribution < 1.29 is 14.3 Å². The number of nitrogens with one attached hydrogen (secondary N) is 2. The molecule has 27 heavy (non-hydrogen) atoms. The number of nitrogens with zero attached hydrogens (tertiary/aromatic N) is 2. The fourth-order valence-electron chi connectivity index (χ4n) is 2.59. The first-order valence-electron chi connectivity index (χ1n) is 7.97. The highest BCUT2D eigenvalue weighted by molar-refractivity contribution is 6.05. The second-order valence-electron chi connectivity index (χ2n) is 5.75. The molecule has 2 aromatic heterocycles.